The van der Waals surface area contributed by atoms with E-state index in [1.165, 1.54) is 5.56 Å². The monoisotopic (exact) mass is 328 g/mol. The molecule has 1 aliphatic rings. The van der Waals surface area contributed by atoms with Crippen molar-refractivity contribution in [1.82, 2.24) is 10.2 Å². The van der Waals surface area contributed by atoms with Crippen LogP contribution < -0.4 is 5.32 Å². The molecule has 0 saturated carbocycles. The van der Waals surface area contributed by atoms with Crippen molar-refractivity contribution in [2.24, 2.45) is 5.41 Å². The molecule has 0 spiro atoms. The third-order valence-electron chi connectivity index (χ3n) is 3.59. The second-order valence-corrected chi connectivity index (χ2v) is 7.07. The maximum atomic E-state index is 13.3. The minimum Gasteiger partial charge on any atom is -0.314 e. The summed E-state index contributed by atoms with van der Waals surface area (Å²) < 4.78 is 14.2. The first-order valence-electron chi connectivity index (χ1n) is 6.79. The number of hydrogen-bond donors (Lipinski definition) is 1. The van der Waals surface area contributed by atoms with Gasteiger partial charge in [-0.1, -0.05) is 42.8 Å². The van der Waals surface area contributed by atoms with Crippen LogP contribution in [0.25, 0.3) is 0 Å². The molecule has 0 bridgehead atoms. The molecule has 0 amide bonds. The van der Waals surface area contributed by atoms with Crippen molar-refractivity contribution in [1.29, 1.82) is 0 Å². The molecule has 0 aliphatic carbocycles. The lowest BCUT2D eigenvalue weighted by molar-refractivity contribution is 0.0856. The number of hydrogen-bond acceptors (Lipinski definition) is 2. The maximum absolute atomic E-state index is 13.3. The van der Waals surface area contributed by atoms with Gasteiger partial charge in [0.2, 0.25) is 0 Å². The van der Waals surface area contributed by atoms with Crippen molar-refractivity contribution in [3.8, 4) is 0 Å². The first-order chi connectivity index (χ1) is 8.89. The Morgan fingerprint density at radius 1 is 1.26 bits per heavy atom. The molecule has 1 atom stereocenters. The fourth-order valence-electron chi connectivity index (χ4n) is 2.87. The van der Waals surface area contributed by atoms with Gasteiger partial charge in [-0.15, -0.1) is 0 Å². The van der Waals surface area contributed by atoms with Gasteiger partial charge < -0.3 is 5.32 Å². The van der Waals surface area contributed by atoms with Crippen LogP contribution in [-0.2, 0) is 0 Å². The average molecular weight is 329 g/mol. The van der Waals surface area contributed by atoms with E-state index in [0.29, 0.717) is 6.04 Å². The van der Waals surface area contributed by atoms with Gasteiger partial charge in [0.25, 0.3) is 0 Å². The van der Waals surface area contributed by atoms with Gasteiger partial charge in [-0.05, 0) is 23.1 Å². The molecule has 0 unspecified atom stereocenters. The Morgan fingerprint density at radius 2 is 1.89 bits per heavy atom. The lowest BCUT2D eigenvalue weighted by Gasteiger charge is -2.43. The summed E-state index contributed by atoms with van der Waals surface area (Å²) in [5.74, 6) is -0.191. The van der Waals surface area contributed by atoms with Crippen LogP contribution in [0.2, 0.25) is 0 Å². The lowest BCUT2D eigenvalue weighted by Crippen LogP contribution is -2.48. The summed E-state index contributed by atoms with van der Waals surface area (Å²) in [5.41, 5.74) is 1.29. The molecule has 1 aromatic rings. The standard InChI is InChI=1S/C15H22BrFN2/c1-15(2,3)14(19-8-6-18-7-9-19)12-5-4-11(17)10-13(12)16/h4-5,10,14,18H,6-9H2,1-3H3/t14-/m1/s1. The van der Waals surface area contributed by atoms with Gasteiger partial charge in [-0.3, -0.25) is 4.90 Å². The number of nitrogens with one attached hydrogen (secondary N) is 1. The van der Waals surface area contributed by atoms with Gasteiger partial charge in [0.1, 0.15) is 5.82 Å². The summed E-state index contributed by atoms with van der Waals surface area (Å²) >= 11 is 3.52. The number of benzene rings is 1. The van der Waals surface area contributed by atoms with Crippen LogP contribution in [0, 0.1) is 11.2 Å². The minimum absolute atomic E-state index is 0.109. The second-order valence-electron chi connectivity index (χ2n) is 6.22. The Labute approximate surface area is 123 Å². The molecule has 2 nitrogen and oxygen atoms in total. The van der Waals surface area contributed by atoms with Crippen LogP contribution in [0.5, 0.6) is 0 Å². The third-order valence-corrected chi connectivity index (χ3v) is 4.28. The molecule has 1 fully saturated rings. The SMILES string of the molecule is CC(C)(C)[C@@H](c1ccc(F)cc1Br)N1CCNCC1. The summed E-state index contributed by atoms with van der Waals surface area (Å²) in [6, 6.07) is 5.33. The first-order valence-corrected chi connectivity index (χ1v) is 7.58. The molecule has 1 N–H and O–H groups in total. The molecular formula is C15H22BrFN2. The Morgan fingerprint density at radius 3 is 2.42 bits per heavy atom. The predicted molar refractivity (Wildman–Crippen MR) is 80.7 cm³/mol. The molecule has 1 saturated heterocycles. The molecule has 1 aromatic carbocycles. The topological polar surface area (TPSA) is 15.3 Å². The van der Waals surface area contributed by atoms with Crippen LogP contribution in [0.4, 0.5) is 4.39 Å². The Hall–Kier alpha value is -0.450. The molecule has 1 aliphatic heterocycles. The molecule has 0 radical (unpaired) electrons. The Kier molecular flexibility index (Phi) is 4.64. The predicted octanol–water partition coefficient (Wildman–Crippen LogP) is 3.58. The van der Waals surface area contributed by atoms with Crippen LogP contribution in [0.3, 0.4) is 0 Å². The number of rotatable bonds is 2. The zero-order valence-electron chi connectivity index (χ0n) is 11.8. The van der Waals surface area contributed by atoms with Gasteiger partial charge in [-0.2, -0.15) is 0 Å². The summed E-state index contributed by atoms with van der Waals surface area (Å²) in [7, 11) is 0. The Balaban J connectivity index is 2.36. The molecule has 1 heterocycles. The molecule has 2 rings (SSSR count). The van der Waals surface area contributed by atoms with Gasteiger partial charge in [-0.25, -0.2) is 4.39 Å². The van der Waals surface area contributed by atoms with E-state index < -0.39 is 0 Å². The molecular weight excluding hydrogens is 307 g/mol. The summed E-state index contributed by atoms with van der Waals surface area (Å²) in [6.45, 7) is 10.8. The van der Waals surface area contributed by atoms with Crippen LogP contribution in [0.1, 0.15) is 32.4 Å². The third kappa shape index (κ3) is 3.56. The van der Waals surface area contributed by atoms with Crippen molar-refractivity contribution < 1.29 is 4.39 Å². The number of halogens is 2. The molecule has 19 heavy (non-hydrogen) atoms. The van der Waals surface area contributed by atoms with Crippen LogP contribution in [-0.4, -0.2) is 31.1 Å². The van der Waals surface area contributed by atoms with Crippen molar-refractivity contribution in [2.45, 2.75) is 26.8 Å². The van der Waals surface area contributed by atoms with Crippen LogP contribution in [0.15, 0.2) is 22.7 Å². The highest BCUT2D eigenvalue weighted by Crippen LogP contribution is 2.41. The summed E-state index contributed by atoms with van der Waals surface area (Å²) in [6.07, 6.45) is 0. The fraction of sp³-hybridized carbons (Fsp3) is 0.600. The lowest BCUT2D eigenvalue weighted by atomic mass is 9.81. The van der Waals surface area contributed by atoms with E-state index in [2.05, 4.69) is 46.9 Å². The number of nitrogens with zero attached hydrogens (tertiary/aromatic N) is 1. The van der Waals surface area contributed by atoms with Crippen molar-refractivity contribution in [3.63, 3.8) is 0 Å². The zero-order valence-corrected chi connectivity index (χ0v) is 13.4. The summed E-state index contributed by atoms with van der Waals surface area (Å²) in [4.78, 5) is 2.49. The van der Waals surface area contributed by atoms with E-state index in [4.69, 9.17) is 0 Å². The van der Waals surface area contributed by atoms with Crippen molar-refractivity contribution >= 4 is 15.9 Å². The summed E-state index contributed by atoms with van der Waals surface area (Å²) in [5, 5.41) is 3.38. The fourth-order valence-corrected chi connectivity index (χ4v) is 3.44. The van der Waals surface area contributed by atoms with Gasteiger partial charge in [0.15, 0.2) is 0 Å². The van der Waals surface area contributed by atoms with E-state index in [1.54, 1.807) is 12.1 Å². The van der Waals surface area contributed by atoms with E-state index in [0.717, 1.165) is 30.7 Å². The van der Waals surface area contributed by atoms with Crippen molar-refractivity contribution in [3.05, 3.63) is 34.1 Å². The van der Waals surface area contributed by atoms with E-state index in [1.807, 2.05) is 6.07 Å². The average Bonchev–Trinajstić information content (AvgIpc) is 2.32. The van der Waals surface area contributed by atoms with Crippen molar-refractivity contribution in [2.75, 3.05) is 26.2 Å². The quantitative estimate of drug-likeness (QED) is 0.892. The molecule has 106 valence electrons. The Bertz CT molecular complexity index is 436. The molecule has 0 aromatic heterocycles. The highest BCUT2D eigenvalue weighted by atomic mass is 79.9. The zero-order chi connectivity index (χ0) is 14.0. The highest BCUT2D eigenvalue weighted by Gasteiger charge is 2.33. The van der Waals surface area contributed by atoms with E-state index in [9.17, 15) is 4.39 Å². The molecule has 4 heteroatoms. The van der Waals surface area contributed by atoms with Gasteiger partial charge in [0, 0.05) is 36.7 Å². The number of piperazine rings is 1. The van der Waals surface area contributed by atoms with Gasteiger partial charge >= 0.3 is 0 Å². The first kappa shape index (κ1) is 14.9. The van der Waals surface area contributed by atoms with E-state index >= 15 is 0 Å². The van der Waals surface area contributed by atoms with Crippen LogP contribution >= 0.6 is 15.9 Å². The normalized spacial score (nSPS) is 19.4. The maximum Gasteiger partial charge on any atom is 0.124 e. The minimum atomic E-state index is -0.191. The largest absolute Gasteiger partial charge is 0.314 e. The van der Waals surface area contributed by atoms with Gasteiger partial charge in [0.05, 0.1) is 0 Å². The van der Waals surface area contributed by atoms with E-state index in [-0.39, 0.29) is 11.2 Å². The second kappa shape index (κ2) is 5.90. The smallest absolute Gasteiger partial charge is 0.124 e. The highest BCUT2D eigenvalue weighted by molar-refractivity contribution is 9.10.